The standard InChI is InChI=1S/C12H14N2O2/c1-3-6-14(2)11-5-4-9(12(15)16)7-10(11)8-13/h4-5,7H,3,6H2,1-2H3,(H,15,16). The summed E-state index contributed by atoms with van der Waals surface area (Å²) in [6.07, 6.45) is 0.974. The number of rotatable bonds is 4. The maximum atomic E-state index is 10.8. The molecule has 0 heterocycles. The van der Waals surface area contributed by atoms with Crippen LogP contribution in [0.3, 0.4) is 0 Å². The summed E-state index contributed by atoms with van der Waals surface area (Å²) in [5, 5.41) is 17.8. The molecule has 0 saturated carbocycles. The van der Waals surface area contributed by atoms with E-state index in [0.717, 1.165) is 18.7 Å². The zero-order valence-electron chi connectivity index (χ0n) is 9.40. The Bertz CT molecular complexity index is 435. The van der Waals surface area contributed by atoms with Gasteiger partial charge in [-0.1, -0.05) is 6.92 Å². The summed E-state index contributed by atoms with van der Waals surface area (Å²) in [4.78, 5) is 12.7. The molecule has 0 saturated heterocycles. The molecule has 1 aromatic carbocycles. The van der Waals surface area contributed by atoms with E-state index in [0.29, 0.717) is 5.56 Å². The topological polar surface area (TPSA) is 64.3 Å². The number of nitriles is 1. The normalized spacial score (nSPS) is 9.56. The molecule has 0 spiro atoms. The summed E-state index contributed by atoms with van der Waals surface area (Å²) in [6.45, 7) is 2.88. The third-order valence-electron chi connectivity index (χ3n) is 2.33. The van der Waals surface area contributed by atoms with Gasteiger partial charge in [-0.15, -0.1) is 0 Å². The van der Waals surface area contributed by atoms with E-state index < -0.39 is 5.97 Å². The highest BCUT2D eigenvalue weighted by atomic mass is 16.4. The van der Waals surface area contributed by atoms with Crippen LogP contribution in [-0.4, -0.2) is 24.7 Å². The number of benzene rings is 1. The predicted molar refractivity (Wildman–Crippen MR) is 61.7 cm³/mol. The minimum atomic E-state index is -1.01. The van der Waals surface area contributed by atoms with E-state index in [9.17, 15) is 4.79 Å². The van der Waals surface area contributed by atoms with Gasteiger partial charge in [-0.2, -0.15) is 5.26 Å². The number of carboxylic acid groups (broad SMARTS) is 1. The summed E-state index contributed by atoms with van der Waals surface area (Å²) in [7, 11) is 1.89. The smallest absolute Gasteiger partial charge is 0.335 e. The van der Waals surface area contributed by atoms with Crippen molar-refractivity contribution in [1.29, 1.82) is 5.26 Å². The van der Waals surface area contributed by atoms with E-state index in [1.165, 1.54) is 12.1 Å². The Balaban J connectivity index is 3.12. The summed E-state index contributed by atoms with van der Waals surface area (Å²) in [5.41, 5.74) is 1.32. The van der Waals surface area contributed by atoms with Gasteiger partial charge >= 0.3 is 5.97 Å². The molecule has 0 aliphatic carbocycles. The molecule has 1 N–H and O–H groups in total. The Labute approximate surface area is 94.7 Å². The molecule has 0 unspecified atom stereocenters. The van der Waals surface area contributed by atoms with Gasteiger partial charge in [-0.25, -0.2) is 4.79 Å². The summed E-state index contributed by atoms with van der Waals surface area (Å²) >= 11 is 0. The minimum Gasteiger partial charge on any atom is -0.478 e. The number of aromatic carboxylic acids is 1. The lowest BCUT2D eigenvalue weighted by atomic mass is 10.1. The van der Waals surface area contributed by atoms with Crippen LogP contribution in [0.4, 0.5) is 5.69 Å². The van der Waals surface area contributed by atoms with Gasteiger partial charge in [0.25, 0.3) is 0 Å². The van der Waals surface area contributed by atoms with E-state index in [2.05, 4.69) is 0 Å². The van der Waals surface area contributed by atoms with Gasteiger partial charge in [0, 0.05) is 13.6 Å². The molecule has 4 nitrogen and oxygen atoms in total. The van der Waals surface area contributed by atoms with Gasteiger partial charge in [0.05, 0.1) is 16.8 Å². The highest BCUT2D eigenvalue weighted by molar-refractivity contribution is 5.89. The van der Waals surface area contributed by atoms with E-state index in [1.54, 1.807) is 6.07 Å². The Hall–Kier alpha value is -2.02. The molecule has 0 amide bonds. The third kappa shape index (κ3) is 2.51. The first kappa shape index (κ1) is 12.1. The lowest BCUT2D eigenvalue weighted by Gasteiger charge is -2.19. The van der Waals surface area contributed by atoms with Crippen molar-refractivity contribution in [2.45, 2.75) is 13.3 Å². The molecular weight excluding hydrogens is 204 g/mol. The van der Waals surface area contributed by atoms with Crippen LogP contribution in [0, 0.1) is 11.3 Å². The van der Waals surface area contributed by atoms with E-state index in [1.807, 2.05) is 24.9 Å². The van der Waals surface area contributed by atoms with Crippen molar-refractivity contribution >= 4 is 11.7 Å². The SMILES string of the molecule is CCCN(C)c1ccc(C(=O)O)cc1C#N. The lowest BCUT2D eigenvalue weighted by molar-refractivity contribution is 0.0697. The Morgan fingerprint density at radius 2 is 2.25 bits per heavy atom. The molecule has 1 rings (SSSR count). The van der Waals surface area contributed by atoms with Crippen LogP contribution in [-0.2, 0) is 0 Å². The monoisotopic (exact) mass is 218 g/mol. The Kier molecular flexibility index (Phi) is 3.90. The third-order valence-corrected chi connectivity index (χ3v) is 2.33. The van der Waals surface area contributed by atoms with Crippen molar-refractivity contribution < 1.29 is 9.90 Å². The lowest BCUT2D eigenvalue weighted by Crippen LogP contribution is -2.19. The van der Waals surface area contributed by atoms with Crippen LogP contribution >= 0.6 is 0 Å². The molecule has 0 atom stereocenters. The second kappa shape index (κ2) is 5.17. The second-order valence-corrected chi connectivity index (χ2v) is 3.57. The van der Waals surface area contributed by atoms with Crippen molar-refractivity contribution in [2.75, 3.05) is 18.5 Å². The van der Waals surface area contributed by atoms with Crippen molar-refractivity contribution in [1.82, 2.24) is 0 Å². The quantitative estimate of drug-likeness (QED) is 0.840. The summed E-state index contributed by atoms with van der Waals surface area (Å²) < 4.78 is 0. The highest BCUT2D eigenvalue weighted by Crippen LogP contribution is 2.20. The fraction of sp³-hybridized carbons (Fsp3) is 0.333. The fourth-order valence-electron chi connectivity index (χ4n) is 1.55. The maximum absolute atomic E-state index is 10.8. The van der Waals surface area contributed by atoms with Crippen LogP contribution < -0.4 is 4.90 Å². The molecule has 0 bridgehead atoms. The average Bonchev–Trinajstić information content (AvgIpc) is 2.28. The molecule has 1 aromatic rings. The van der Waals surface area contributed by atoms with Crippen molar-refractivity contribution in [2.24, 2.45) is 0 Å². The molecular formula is C12H14N2O2. The van der Waals surface area contributed by atoms with Gasteiger partial charge in [-0.3, -0.25) is 0 Å². The molecule has 0 fully saturated rings. The van der Waals surface area contributed by atoms with E-state index >= 15 is 0 Å². The first-order valence-corrected chi connectivity index (χ1v) is 5.08. The average molecular weight is 218 g/mol. The van der Waals surface area contributed by atoms with Crippen LogP contribution in [0.1, 0.15) is 29.3 Å². The van der Waals surface area contributed by atoms with Crippen LogP contribution in [0.2, 0.25) is 0 Å². The zero-order valence-corrected chi connectivity index (χ0v) is 9.40. The van der Waals surface area contributed by atoms with Gasteiger partial charge in [0.1, 0.15) is 6.07 Å². The van der Waals surface area contributed by atoms with Crippen molar-refractivity contribution in [3.63, 3.8) is 0 Å². The van der Waals surface area contributed by atoms with Gasteiger partial charge < -0.3 is 10.0 Å². The number of carboxylic acids is 1. The van der Waals surface area contributed by atoms with E-state index in [4.69, 9.17) is 10.4 Å². The molecule has 0 aliphatic rings. The first-order valence-electron chi connectivity index (χ1n) is 5.08. The van der Waals surface area contributed by atoms with Crippen molar-refractivity contribution in [3.8, 4) is 6.07 Å². The van der Waals surface area contributed by atoms with Gasteiger partial charge in [0.15, 0.2) is 0 Å². The zero-order chi connectivity index (χ0) is 12.1. The number of nitrogens with zero attached hydrogens (tertiary/aromatic N) is 2. The molecule has 4 heteroatoms. The summed E-state index contributed by atoms with van der Waals surface area (Å²) in [6, 6.07) is 6.63. The minimum absolute atomic E-state index is 0.144. The first-order chi connectivity index (χ1) is 7.60. The Morgan fingerprint density at radius 3 is 2.75 bits per heavy atom. The molecule has 0 aliphatic heterocycles. The summed E-state index contributed by atoms with van der Waals surface area (Å²) in [5.74, 6) is -1.01. The number of hydrogen-bond acceptors (Lipinski definition) is 3. The molecule has 16 heavy (non-hydrogen) atoms. The van der Waals surface area contributed by atoms with Gasteiger partial charge in [-0.05, 0) is 24.6 Å². The van der Waals surface area contributed by atoms with Gasteiger partial charge in [0.2, 0.25) is 0 Å². The number of hydrogen-bond donors (Lipinski definition) is 1. The maximum Gasteiger partial charge on any atom is 0.335 e. The number of carbonyl (C=O) groups is 1. The molecule has 0 aromatic heterocycles. The Morgan fingerprint density at radius 1 is 1.56 bits per heavy atom. The largest absolute Gasteiger partial charge is 0.478 e. The van der Waals surface area contributed by atoms with Crippen molar-refractivity contribution in [3.05, 3.63) is 29.3 Å². The highest BCUT2D eigenvalue weighted by Gasteiger charge is 2.10. The fourth-order valence-corrected chi connectivity index (χ4v) is 1.55. The van der Waals surface area contributed by atoms with Crippen LogP contribution in [0.5, 0.6) is 0 Å². The van der Waals surface area contributed by atoms with Crippen LogP contribution in [0.25, 0.3) is 0 Å². The number of anilines is 1. The second-order valence-electron chi connectivity index (χ2n) is 3.57. The van der Waals surface area contributed by atoms with E-state index in [-0.39, 0.29) is 5.56 Å². The predicted octanol–water partition coefficient (Wildman–Crippen LogP) is 2.10. The molecule has 0 radical (unpaired) electrons. The van der Waals surface area contributed by atoms with Crippen LogP contribution in [0.15, 0.2) is 18.2 Å². The molecule has 84 valence electrons.